The Bertz CT molecular complexity index is 1170. The van der Waals surface area contributed by atoms with Gasteiger partial charge in [-0.05, 0) is 31.7 Å². The predicted octanol–water partition coefficient (Wildman–Crippen LogP) is 2.64. The van der Waals surface area contributed by atoms with Crippen molar-refractivity contribution >= 4 is 12.1 Å². The molecule has 1 amide bonds. The number of benzene rings is 1. The van der Waals surface area contributed by atoms with Crippen LogP contribution < -0.4 is 10.1 Å². The molecule has 1 aliphatic rings. The Hall–Kier alpha value is -4.02. The van der Waals surface area contributed by atoms with E-state index in [9.17, 15) is 9.59 Å². The van der Waals surface area contributed by atoms with Crippen molar-refractivity contribution in [3.05, 3.63) is 53.5 Å². The summed E-state index contributed by atoms with van der Waals surface area (Å²) in [6.45, 7) is 2.08. The Morgan fingerprint density at radius 1 is 1.24 bits per heavy atom. The summed E-state index contributed by atoms with van der Waals surface area (Å²) >= 11 is 0. The quantitative estimate of drug-likeness (QED) is 0.512. The smallest absolute Gasteiger partial charge is 0.407 e. The number of nitrogens with one attached hydrogen (secondary N) is 1. The monoisotopic (exact) mass is 466 g/mol. The molecule has 0 spiro atoms. The zero-order chi connectivity index (χ0) is 24.1. The molecule has 178 valence electrons. The summed E-state index contributed by atoms with van der Waals surface area (Å²) in [6.07, 6.45) is 2.50. The first-order valence-electron chi connectivity index (χ1n) is 11.0. The van der Waals surface area contributed by atoms with Crippen LogP contribution in [-0.4, -0.2) is 48.2 Å². The molecule has 2 heterocycles. The number of hydrogen-bond acceptors (Lipinski definition) is 8. The van der Waals surface area contributed by atoms with Gasteiger partial charge in [-0.2, -0.15) is 0 Å². The van der Waals surface area contributed by atoms with Crippen LogP contribution in [0.1, 0.15) is 36.2 Å². The molecule has 1 saturated carbocycles. The number of rotatable bonds is 8. The van der Waals surface area contributed by atoms with E-state index in [0.29, 0.717) is 47.9 Å². The van der Waals surface area contributed by atoms with Crippen molar-refractivity contribution < 1.29 is 24.2 Å². The van der Waals surface area contributed by atoms with E-state index in [1.807, 2.05) is 30.3 Å². The first-order valence-corrected chi connectivity index (χ1v) is 11.0. The van der Waals surface area contributed by atoms with E-state index < -0.39 is 12.1 Å². The summed E-state index contributed by atoms with van der Waals surface area (Å²) in [7, 11) is 1.72. The van der Waals surface area contributed by atoms with Gasteiger partial charge in [-0.15, -0.1) is 5.10 Å². The normalized spacial score (nSPS) is 17.4. The maximum absolute atomic E-state index is 12.1. The van der Waals surface area contributed by atoms with Crippen molar-refractivity contribution in [1.29, 1.82) is 0 Å². The second-order valence-electron chi connectivity index (χ2n) is 8.16. The Balaban J connectivity index is 1.38. The van der Waals surface area contributed by atoms with Crippen molar-refractivity contribution in [2.75, 3.05) is 0 Å². The molecule has 2 unspecified atom stereocenters. The summed E-state index contributed by atoms with van der Waals surface area (Å²) in [5.74, 6) is -0.809. The van der Waals surface area contributed by atoms with Crippen LogP contribution in [0.4, 0.5) is 4.79 Å². The summed E-state index contributed by atoms with van der Waals surface area (Å²) in [4.78, 5) is 32.2. The lowest BCUT2D eigenvalue weighted by Gasteiger charge is -2.14. The SMILES string of the molecule is Cc1nc(-c2nnn(C)c2CNC(=O)OCc2ccccc2)cnc1OC1CCC(C(=O)O)C1. The fourth-order valence-electron chi connectivity index (χ4n) is 3.83. The number of carboxylic acid groups (broad SMARTS) is 1. The number of aromatic nitrogens is 5. The lowest BCUT2D eigenvalue weighted by Crippen LogP contribution is -2.25. The Morgan fingerprint density at radius 3 is 2.74 bits per heavy atom. The topological polar surface area (TPSA) is 141 Å². The number of aliphatic carboxylic acids is 1. The first-order chi connectivity index (χ1) is 16.4. The molecule has 3 aromatic rings. The van der Waals surface area contributed by atoms with E-state index in [2.05, 4.69) is 25.6 Å². The fourth-order valence-corrected chi connectivity index (χ4v) is 3.83. The predicted molar refractivity (Wildman–Crippen MR) is 120 cm³/mol. The van der Waals surface area contributed by atoms with E-state index in [4.69, 9.17) is 14.6 Å². The number of aryl methyl sites for hydroxylation is 2. The van der Waals surface area contributed by atoms with Gasteiger partial charge in [0, 0.05) is 7.05 Å². The zero-order valence-electron chi connectivity index (χ0n) is 19.0. The fraction of sp³-hybridized carbons (Fsp3) is 0.391. The number of alkyl carbamates (subject to hydrolysis) is 1. The summed E-state index contributed by atoms with van der Waals surface area (Å²) in [5.41, 5.74) is 3.06. The molecule has 2 atom stereocenters. The van der Waals surface area contributed by atoms with Crippen molar-refractivity contribution in [2.24, 2.45) is 13.0 Å². The Kier molecular flexibility index (Phi) is 7.00. The first kappa shape index (κ1) is 23.1. The average Bonchev–Trinajstić information content (AvgIpc) is 3.45. The highest BCUT2D eigenvalue weighted by molar-refractivity contribution is 5.70. The van der Waals surface area contributed by atoms with E-state index >= 15 is 0 Å². The van der Waals surface area contributed by atoms with Crippen LogP contribution in [0.5, 0.6) is 5.88 Å². The van der Waals surface area contributed by atoms with E-state index in [0.717, 1.165) is 5.56 Å². The van der Waals surface area contributed by atoms with Crippen LogP contribution in [0, 0.1) is 12.8 Å². The summed E-state index contributed by atoms with van der Waals surface area (Å²) < 4.78 is 12.7. The van der Waals surface area contributed by atoms with Crippen LogP contribution in [0.15, 0.2) is 36.5 Å². The highest BCUT2D eigenvalue weighted by Gasteiger charge is 2.31. The van der Waals surface area contributed by atoms with Crippen molar-refractivity contribution in [1.82, 2.24) is 30.3 Å². The van der Waals surface area contributed by atoms with Crippen molar-refractivity contribution in [3.63, 3.8) is 0 Å². The number of nitrogens with zero attached hydrogens (tertiary/aromatic N) is 5. The van der Waals surface area contributed by atoms with Crippen LogP contribution in [0.25, 0.3) is 11.4 Å². The van der Waals surface area contributed by atoms with Gasteiger partial charge in [0.2, 0.25) is 5.88 Å². The Morgan fingerprint density at radius 2 is 2.03 bits per heavy atom. The molecule has 2 aromatic heterocycles. The van der Waals surface area contributed by atoms with Gasteiger partial charge in [0.25, 0.3) is 0 Å². The van der Waals surface area contributed by atoms with Crippen molar-refractivity contribution in [3.8, 4) is 17.3 Å². The second kappa shape index (κ2) is 10.3. The molecule has 11 nitrogen and oxygen atoms in total. The highest BCUT2D eigenvalue weighted by Crippen LogP contribution is 2.30. The molecule has 0 bridgehead atoms. The highest BCUT2D eigenvalue weighted by atomic mass is 16.5. The molecular weight excluding hydrogens is 440 g/mol. The Labute approximate surface area is 196 Å². The minimum Gasteiger partial charge on any atom is -0.481 e. The maximum Gasteiger partial charge on any atom is 0.407 e. The van der Waals surface area contributed by atoms with E-state index in [1.54, 1.807) is 18.7 Å². The van der Waals surface area contributed by atoms with Crippen LogP contribution >= 0.6 is 0 Å². The van der Waals surface area contributed by atoms with Gasteiger partial charge in [0.15, 0.2) is 0 Å². The van der Waals surface area contributed by atoms with Gasteiger partial charge >= 0.3 is 12.1 Å². The van der Waals surface area contributed by atoms with Crippen LogP contribution in [0.2, 0.25) is 0 Å². The third-order valence-electron chi connectivity index (χ3n) is 5.71. The van der Waals surface area contributed by atoms with Gasteiger partial charge in [0.1, 0.15) is 29.8 Å². The van der Waals surface area contributed by atoms with Crippen LogP contribution in [0.3, 0.4) is 0 Å². The van der Waals surface area contributed by atoms with Gasteiger partial charge in [-0.3, -0.25) is 4.79 Å². The number of carbonyl (C=O) groups excluding carboxylic acids is 1. The zero-order valence-corrected chi connectivity index (χ0v) is 19.0. The molecule has 0 radical (unpaired) electrons. The second-order valence-corrected chi connectivity index (χ2v) is 8.16. The minimum absolute atomic E-state index is 0.143. The average molecular weight is 466 g/mol. The number of hydrogen-bond donors (Lipinski definition) is 2. The molecule has 34 heavy (non-hydrogen) atoms. The number of carboxylic acids is 1. The van der Waals surface area contributed by atoms with Crippen molar-refractivity contribution in [2.45, 2.75) is 45.4 Å². The lowest BCUT2D eigenvalue weighted by molar-refractivity contribution is -0.141. The lowest BCUT2D eigenvalue weighted by atomic mass is 10.1. The van der Waals surface area contributed by atoms with E-state index in [-0.39, 0.29) is 25.2 Å². The summed E-state index contributed by atoms with van der Waals surface area (Å²) in [6, 6.07) is 9.41. The van der Waals surface area contributed by atoms with Gasteiger partial charge in [-0.25, -0.2) is 19.4 Å². The van der Waals surface area contributed by atoms with E-state index in [1.165, 1.54) is 6.20 Å². The molecule has 1 aliphatic carbocycles. The van der Waals surface area contributed by atoms with Gasteiger partial charge < -0.3 is 19.9 Å². The molecule has 4 rings (SSSR count). The minimum atomic E-state index is -0.794. The number of amides is 1. The number of ether oxygens (including phenoxy) is 2. The molecular formula is C23H26N6O5. The maximum atomic E-state index is 12.1. The molecule has 1 fully saturated rings. The molecule has 1 aromatic carbocycles. The van der Waals surface area contributed by atoms with Gasteiger partial charge in [-0.1, -0.05) is 35.5 Å². The third-order valence-corrected chi connectivity index (χ3v) is 5.71. The molecule has 2 N–H and O–H groups in total. The third kappa shape index (κ3) is 5.48. The van der Waals surface area contributed by atoms with Crippen LogP contribution in [-0.2, 0) is 29.7 Å². The molecule has 0 saturated heterocycles. The standard InChI is InChI=1S/C23H26N6O5/c1-14-21(34-17-9-8-16(10-17)22(30)31)24-11-18(26-14)20-19(29(2)28-27-20)12-25-23(32)33-13-15-6-4-3-5-7-15/h3-7,11,16-17H,8-10,12-13H2,1-2H3,(H,25,32)(H,30,31). The van der Waals surface area contributed by atoms with Gasteiger partial charge in [0.05, 0.1) is 24.4 Å². The molecule has 11 heteroatoms. The largest absolute Gasteiger partial charge is 0.481 e. The molecule has 0 aliphatic heterocycles. The number of carbonyl (C=O) groups is 2. The summed E-state index contributed by atoms with van der Waals surface area (Å²) in [5, 5.41) is 20.1.